The Morgan fingerprint density at radius 3 is 2.15 bits per heavy atom. The fraction of sp³-hybridized carbons (Fsp3) is 0.526. The van der Waals surface area contributed by atoms with Gasteiger partial charge >= 0.3 is 0 Å². The number of Topliss-reactive ketones (excluding diaryl/α,β-unsaturated/α-hetero) is 1. The van der Waals surface area contributed by atoms with E-state index in [1.807, 2.05) is 18.2 Å². The van der Waals surface area contributed by atoms with Crippen LogP contribution in [0.15, 0.2) is 41.5 Å². The fourth-order valence-corrected chi connectivity index (χ4v) is 2.44. The predicted octanol–water partition coefficient (Wildman–Crippen LogP) is 5.45. The molecule has 0 fully saturated rings. The first-order valence-corrected chi connectivity index (χ1v) is 7.63. The predicted molar refractivity (Wildman–Crippen MR) is 87.0 cm³/mol. The fourth-order valence-electron chi connectivity index (χ4n) is 2.44. The van der Waals surface area contributed by atoms with Crippen LogP contribution < -0.4 is 0 Å². The molecule has 0 aliphatic rings. The molecule has 1 aromatic rings. The summed E-state index contributed by atoms with van der Waals surface area (Å²) in [6.07, 6.45) is 3.47. The van der Waals surface area contributed by atoms with Gasteiger partial charge in [0.05, 0.1) is 5.41 Å². The molecule has 0 bridgehead atoms. The minimum Gasteiger partial charge on any atom is -0.299 e. The molecular weight excluding hydrogens is 244 g/mol. The van der Waals surface area contributed by atoms with E-state index in [0.717, 1.165) is 24.8 Å². The second-order valence-corrected chi connectivity index (χ2v) is 6.15. The largest absolute Gasteiger partial charge is 0.299 e. The summed E-state index contributed by atoms with van der Waals surface area (Å²) in [5.41, 5.74) is 3.56. The van der Waals surface area contributed by atoms with E-state index in [9.17, 15) is 4.79 Å². The molecule has 1 unspecified atom stereocenters. The van der Waals surface area contributed by atoms with E-state index in [4.69, 9.17) is 0 Å². The van der Waals surface area contributed by atoms with Crippen molar-refractivity contribution in [3.63, 3.8) is 0 Å². The molecule has 0 saturated heterocycles. The Kier molecular flexibility index (Phi) is 6.19. The van der Waals surface area contributed by atoms with Gasteiger partial charge in [-0.15, -0.1) is 0 Å². The number of rotatable bonds is 7. The number of hydrogen-bond donors (Lipinski definition) is 0. The molecule has 1 nitrogen and oxygen atoms in total. The highest BCUT2D eigenvalue weighted by molar-refractivity contribution is 5.89. The van der Waals surface area contributed by atoms with Crippen molar-refractivity contribution < 1.29 is 4.79 Å². The molecule has 110 valence electrons. The SMILES string of the molecule is CCCC(=O)C(C)(CCC(C)=C(C)C)c1ccccc1. The van der Waals surface area contributed by atoms with E-state index in [1.165, 1.54) is 11.1 Å². The van der Waals surface area contributed by atoms with Crippen LogP contribution in [0.25, 0.3) is 0 Å². The second-order valence-electron chi connectivity index (χ2n) is 6.15. The first kappa shape index (κ1) is 16.7. The quantitative estimate of drug-likeness (QED) is 0.603. The second kappa shape index (κ2) is 7.42. The minimum absolute atomic E-state index is 0.353. The zero-order valence-electron chi connectivity index (χ0n) is 13.6. The van der Waals surface area contributed by atoms with Gasteiger partial charge in [0.15, 0.2) is 0 Å². The Hall–Kier alpha value is -1.37. The molecule has 0 spiro atoms. The Bertz CT molecular complexity index is 466. The Balaban J connectivity index is 3.02. The van der Waals surface area contributed by atoms with Crippen molar-refractivity contribution in [1.82, 2.24) is 0 Å². The zero-order chi connectivity index (χ0) is 15.2. The summed E-state index contributed by atoms with van der Waals surface area (Å²) in [6.45, 7) is 10.6. The first-order valence-electron chi connectivity index (χ1n) is 7.63. The molecule has 0 aliphatic carbocycles. The van der Waals surface area contributed by atoms with Gasteiger partial charge in [0.25, 0.3) is 0 Å². The van der Waals surface area contributed by atoms with Gasteiger partial charge in [-0.3, -0.25) is 4.79 Å². The van der Waals surface area contributed by atoms with Crippen LogP contribution in [-0.2, 0) is 10.2 Å². The highest BCUT2D eigenvalue weighted by Gasteiger charge is 2.33. The molecule has 0 amide bonds. The molecule has 0 N–H and O–H groups in total. The molecule has 0 aliphatic heterocycles. The summed E-state index contributed by atoms with van der Waals surface area (Å²) in [5, 5.41) is 0. The lowest BCUT2D eigenvalue weighted by atomic mass is 9.73. The summed E-state index contributed by atoms with van der Waals surface area (Å²) >= 11 is 0. The molecule has 1 rings (SSSR count). The normalized spacial score (nSPS) is 13.7. The van der Waals surface area contributed by atoms with Gasteiger partial charge in [-0.25, -0.2) is 0 Å². The number of benzene rings is 1. The van der Waals surface area contributed by atoms with Crippen LogP contribution in [0, 0.1) is 0 Å². The molecule has 1 atom stereocenters. The number of carbonyl (C=O) groups is 1. The van der Waals surface area contributed by atoms with Crippen molar-refractivity contribution in [1.29, 1.82) is 0 Å². The van der Waals surface area contributed by atoms with Gasteiger partial charge in [0.2, 0.25) is 0 Å². The summed E-state index contributed by atoms with van der Waals surface area (Å²) in [7, 11) is 0. The van der Waals surface area contributed by atoms with Crippen molar-refractivity contribution >= 4 is 5.78 Å². The maximum atomic E-state index is 12.6. The lowest BCUT2D eigenvalue weighted by Gasteiger charge is -2.29. The molecular formula is C19H28O. The first-order chi connectivity index (χ1) is 9.41. The number of hydrogen-bond acceptors (Lipinski definition) is 1. The average Bonchev–Trinajstić information content (AvgIpc) is 2.45. The van der Waals surface area contributed by atoms with Crippen LogP contribution in [0.2, 0.25) is 0 Å². The highest BCUT2D eigenvalue weighted by Crippen LogP contribution is 2.33. The third kappa shape index (κ3) is 4.06. The van der Waals surface area contributed by atoms with Crippen LogP contribution in [0.3, 0.4) is 0 Å². The molecule has 1 aromatic carbocycles. The third-order valence-corrected chi connectivity index (χ3v) is 4.36. The number of ketones is 1. The minimum atomic E-state index is -0.353. The van der Waals surface area contributed by atoms with E-state index in [1.54, 1.807) is 0 Å². The highest BCUT2D eigenvalue weighted by atomic mass is 16.1. The van der Waals surface area contributed by atoms with Crippen molar-refractivity contribution in [2.24, 2.45) is 0 Å². The average molecular weight is 272 g/mol. The lowest BCUT2D eigenvalue weighted by molar-refractivity contribution is -0.124. The van der Waals surface area contributed by atoms with E-state index >= 15 is 0 Å². The van der Waals surface area contributed by atoms with Gasteiger partial charge in [-0.2, -0.15) is 0 Å². The molecule has 0 saturated carbocycles. The van der Waals surface area contributed by atoms with Crippen LogP contribution in [0.4, 0.5) is 0 Å². The Morgan fingerprint density at radius 1 is 1.05 bits per heavy atom. The summed E-state index contributed by atoms with van der Waals surface area (Å²) < 4.78 is 0. The van der Waals surface area contributed by atoms with Crippen molar-refractivity contribution in [3.05, 3.63) is 47.0 Å². The Morgan fingerprint density at radius 2 is 1.65 bits per heavy atom. The van der Waals surface area contributed by atoms with Crippen LogP contribution in [0.1, 0.15) is 65.9 Å². The third-order valence-electron chi connectivity index (χ3n) is 4.36. The van der Waals surface area contributed by atoms with Gasteiger partial charge in [-0.05, 0) is 52.5 Å². The van der Waals surface area contributed by atoms with E-state index in [-0.39, 0.29) is 5.41 Å². The van der Waals surface area contributed by atoms with Crippen LogP contribution in [0.5, 0.6) is 0 Å². The summed E-state index contributed by atoms with van der Waals surface area (Å²) in [6, 6.07) is 10.2. The van der Waals surface area contributed by atoms with Crippen LogP contribution >= 0.6 is 0 Å². The lowest BCUT2D eigenvalue weighted by Crippen LogP contribution is -2.32. The van der Waals surface area contributed by atoms with Crippen LogP contribution in [-0.4, -0.2) is 5.78 Å². The van der Waals surface area contributed by atoms with E-state index in [0.29, 0.717) is 12.2 Å². The summed E-state index contributed by atoms with van der Waals surface area (Å²) in [5.74, 6) is 0.368. The smallest absolute Gasteiger partial charge is 0.143 e. The van der Waals surface area contributed by atoms with Gasteiger partial charge in [0, 0.05) is 6.42 Å². The van der Waals surface area contributed by atoms with Crippen molar-refractivity contribution in [2.75, 3.05) is 0 Å². The Labute approximate surface area is 124 Å². The topological polar surface area (TPSA) is 17.1 Å². The zero-order valence-corrected chi connectivity index (χ0v) is 13.6. The number of allylic oxidation sites excluding steroid dienone is 2. The van der Waals surface area contributed by atoms with Gasteiger partial charge < -0.3 is 0 Å². The number of carbonyl (C=O) groups excluding carboxylic acids is 1. The molecule has 0 radical (unpaired) electrons. The maximum absolute atomic E-state index is 12.6. The van der Waals surface area contributed by atoms with E-state index < -0.39 is 0 Å². The van der Waals surface area contributed by atoms with E-state index in [2.05, 4.69) is 46.8 Å². The standard InChI is InChI=1S/C19H28O/c1-6-10-18(20)19(5,14-13-16(4)15(2)3)17-11-8-7-9-12-17/h7-9,11-12H,6,10,13-14H2,1-5H3. The molecule has 20 heavy (non-hydrogen) atoms. The van der Waals surface area contributed by atoms with Crippen molar-refractivity contribution in [3.8, 4) is 0 Å². The van der Waals surface area contributed by atoms with Gasteiger partial charge in [-0.1, -0.05) is 48.4 Å². The summed E-state index contributed by atoms with van der Waals surface area (Å²) in [4.78, 5) is 12.6. The molecule has 0 aromatic heterocycles. The maximum Gasteiger partial charge on any atom is 0.143 e. The molecule has 1 heteroatoms. The van der Waals surface area contributed by atoms with Gasteiger partial charge in [0.1, 0.15) is 5.78 Å². The monoisotopic (exact) mass is 272 g/mol. The molecule has 0 heterocycles. The van der Waals surface area contributed by atoms with Crippen molar-refractivity contribution in [2.45, 2.75) is 65.7 Å².